The number of fused-ring (bicyclic) bond motifs is 4. The third-order valence-electron chi connectivity index (χ3n) is 10.4. The van der Waals surface area contributed by atoms with Crippen molar-refractivity contribution in [3.05, 3.63) is 93.0 Å². The molecule has 2 aliphatic carbocycles. The highest BCUT2D eigenvalue weighted by atomic mass is 35.5. The number of aromatic nitrogens is 5. The van der Waals surface area contributed by atoms with Gasteiger partial charge in [0.15, 0.2) is 11.5 Å². The van der Waals surface area contributed by atoms with E-state index in [9.17, 15) is 35.2 Å². The van der Waals surface area contributed by atoms with Crippen LogP contribution in [0.3, 0.4) is 0 Å². The number of carbonyl (C=O) groups is 1. The molecule has 1 amide bonds. The van der Waals surface area contributed by atoms with E-state index in [4.69, 9.17) is 16.6 Å². The zero-order valence-electron chi connectivity index (χ0n) is 30.5. The summed E-state index contributed by atoms with van der Waals surface area (Å²) in [5.74, 6) is -2.88. The number of halogens is 8. The predicted molar refractivity (Wildman–Crippen MR) is 198 cm³/mol. The van der Waals surface area contributed by atoms with Crippen LogP contribution < -0.4 is 15.4 Å². The molecule has 3 aliphatic rings. The maximum atomic E-state index is 15.4. The van der Waals surface area contributed by atoms with Gasteiger partial charge in [-0.1, -0.05) is 23.6 Å². The molecule has 1 saturated heterocycles. The van der Waals surface area contributed by atoms with Gasteiger partial charge in [-0.2, -0.15) is 32.1 Å². The van der Waals surface area contributed by atoms with Crippen molar-refractivity contribution in [2.24, 2.45) is 18.9 Å². The lowest BCUT2D eigenvalue weighted by Gasteiger charge is -2.23. The summed E-state index contributed by atoms with van der Waals surface area (Å²) in [6.45, 7) is 0.348. The lowest BCUT2D eigenvalue weighted by Crippen LogP contribution is -2.35. The number of nitrogens with zero attached hydrogens (tertiary/aromatic N) is 5. The Morgan fingerprint density at radius 3 is 2.50 bits per heavy atom. The Bertz CT molecular complexity index is 2660. The zero-order valence-corrected chi connectivity index (χ0v) is 32.1. The molecule has 1 saturated carbocycles. The topological polar surface area (TPSA) is 136 Å². The Kier molecular flexibility index (Phi) is 9.75. The molecule has 8 rings (SSSR count). The van der Waals surface area contributed by atoms with Gasteiger partial charge in [-0.15, -0.1) is 0 Å². The molecular formula is C38H32ClF7N8O3S. The van der Waals surface area contributed by atoms with Gasteiger partial charge in [0.2, 0.25) is 15.9 Å². The van der Waals surface area contributed by atoms with Crippen LogP contribution in [0.4, 0.5) is 36.6 Å². The normalized spacial score (nSPS) is 20.0. The van der Waals surface area contributed by atoms with Crippen molar-refractivity contribution in [1.82, 2.24) is 35.2 Å². The molecule has 2 unspecified atom stereocenters. The lowest BCUT2D eigenvalue weighted by molar-refractivity contribution is -0.142. The Hall–Kier alpha value is -5.19. The SMILES string of the molecule is Cn1nc(NS(C)(=O)=O)c2c(Cl)ccc(-c3ccc(C#CC4CCNC4)nc3[C@H](Cc3cc(F)cc(F)c3)NC(=O)Cn3nc(C(F)(F)F)c4c3C(F)(F)C3C[C@H]43)c21. The summed E-state index contributed by atoms with van der Waals surface area (Å²) in [6, 6.07) is 7.64. The van der Waals surface area contributed by atoms with Gasteiger partial charge in [0.1, 0.15) is 29.6 Å². The number of carbonyl (C=O) groups excluding carboxylic acids is 1. The molecule has 3 aromatic heterocycles. The molecule has 0 spiro atoms. The van der Waals surface area contributed by atoms with Gasteiger partial charge in [0.05, 0.1) is 33.9 Å². The molecule has 1 aliphatic heterocycles. The number of benzene rings is 2. The van der Waals surface area contributed by atoms with E-state index in [1.54, 1.807) is 18.2 Å². The van der Waals surface area contributed by atoms with E-state index in [-0.39, 0.29) is 57.5 Å². The predicted octanol–water partition coefficient (Wildman–Crippen LogP) is 6.42. The third kappa shape index (κ3) is 7.48. The summed E-state index contributed by atoms with van der Waals surface area (Å²) in [6.07, 6.45) is -3.84. The quantitative estimate of drug-likeness (QED) is 0.115. The number of aryl methyl sites for hydroxylation is 1. The minimum Gasteiger partial charge on any atom is -0.346 e. The van der Waals surface area contributed by atoms with E-state index in [2.05, 4.69) is 37.4 Å². The van der Waals surface area contributed by atoms with Crippen LogP contribution in [0, 0.1) is 35.3 Å². The Balaban J connectivity index is 1.27. The third-order valence-corrected chi connectivity index (χ3v) is 11.3. The van der Waals surface area contributed by atoms with Crippen molar-refractivity contribution in [2.45, 2.75) is 49.9 Å². The van der Waals surface area contributed by atoms with Crippen LogP contribution in [0.15, 0.2) is 42.5 Å². The fourth-order valence-corrected chi connectivity index (χ4v) is 8.72. The molecule has 20 heteroatoms. The Morgan fingerprint density at radius 2 is 1.83 bits per heavy atom. The largest absolute Gasteiger partial charge is 0.435 e. The van der Waals surface area contributed by atoms with Gasteiger partial charge >= 0.3 is 6.18 Å². The first kappa shape index (κ1) is 39.6. The molecular weight excluding hydrogens is 817 g/mol. The Morgan fingerprint density at radius 1 is 1.10 bits per heavy atom. The highest BCUT2D eigenvalue weighted by molar-refractivity contribution is 7.92. The molecule has 5 aromatic rings. The molecule has 0 radical (unpaired) electrons. The number of anilines is 1. The van der Waals surface area contributed by atoms with Gasteiger partial charge in [0, 0.05) is 48.2 Å². The van der Waals surface area contributed by atoms with Crippen LogP contribution in [0.2, 0.25) is 5.02 Å². The minimum absolute atomic E-state index is 0.00310. The Labute approximate surface area is 331 Å². The first-order chi connectivity index (χ1) is 27.3. The van der Waals surface area contributed by atoms with E-state index < -0.39 is 81.0 Å². The van der Waals surface area contributed by atoms with Crippen molar-refractivity contribution < 1.29 is 43.9 Å². The van der Waals surface area contributed by atoms with Crippen molar-refractivity contribution in [3.63, 3.8) is 0 Å². The summed E-state index contributed by atoms with van der Waals surface area (Å²) in [5.41, 5.74) is -1.79. The van der Waals surface area contributed by atoms with Crippen LogP contribution in [-0.4, -0.2) is 58.2 Å². The van der Waals surface area contributed by atoms with Crippen LogP contribution >= 0.6 is 11.6 Å². The number of rotatable bonds is 9. The van der Waals surface area contributed by atoms with E-state index in [0.717, 1.165) is 31.4 Å². The number of hydrogen-bond donors (Lipinski definition) is 3. The van der Waals surface area contributed by atoms with Gasteiger partial charge in [-0.25, -0.2) is 22.2 Å². The van der Waals surface area contributed by atoms with Crippen molar-refractivity contribution in [1.29, 1.82) is 0 Å². The highest BCUT2D eigenvalue weighted by Gasteiger charge is 2.68. The van der Waals surface area contributed by atoms with E-state index in [1.165, 1.54) is 17.8 Å². The molecule has 2 aromatic carbocycles. The monoisotopic (exact) mass is 848 g/mol. The average Bonchev–Trinajstić information content (AvgIpc) is 3.35. The number of amides is 1. The fourth-order valence-electron chi connectivity index (χ4n) is 7.98. The van der Waals surface area contributed by atoms with Gasteiger partial charge in [-0.05, 0) is 73.5 Å². The maximum absolute atomic E-state index is 15.4. The number of sulfonamides is 1. The van der Waals surface area contributed by atoms with Crippen molar-refractivity contribution in [2.75, 3.05) is 24.1 Å². The summed E-state index contributed by atoms with van der Waals surface area (Å²) in [4.78, 5) is 18.8. The van der Waals surface area contributed by atoms with Crippen LogP contribution in [0.5, 0.6) is 0 Å². The average molecular weight is 849 g/mol. The second-order valence-electron chi connectivity index (χ2n) is 14.7. The molecule has 4 heterocycles. The van der Waals surface area contributed by atoms with E-state index in [1.807, 2.05) is 0 Å². The highest BCUT2D eigenvalue weighted by Crippen LogP contribution is 2.68. The number of pyridine rings is 1. The molecule has 4 atom stereocenters. The molecule has 11 nitrogen and oxygen atoms in total. The minimum atomic E-state index is -5.06. The van der Waals surface area contributed by atoms with Gasteiger partial charge in [-0.3, -0.25) is 18.9 Å². The smallest absolute Gasteiger partial charge is 0.346 e. The number of hydrogen-bond acceptors (Lipinski definition) is 7. The zero-order chi connectivity index (χ0) is 41.5. The fraction of sp³-hybridized carbons (Fsp3) is 0.368. The maximum Gasteiger partial charge on any atom is 0.435 e. The van der Waals surface area contributed by atoms with E-state index in [0.29, 0.717) is 28.4 Å². The molecule has 2 fully saturated rings. The molecule has 58 heavy (non-hydrogen) atoms. The summed E-state index contributed by atoms with van der Waals surface area (Å²) in [7, 11) is -2.30. The summed E-state index contributed by atoms with van der Waals surface area (Å²) < 4.78 is 131. The second kappa shape index (κ2) is 14.3. The van der Waals surface area contributed by atoms with Crippen molar-refractivity contribution >= 4 is 44.3 Å². The van der Waals surface area contributed by atoms with Crippen LogP contribution in [-0.2, 0) is 46.9 Å². The van der Waals surface area contributed by atoms with Crippen molar-refractivity contribution in [3.8, 4) is 23.0 Å². The molecule has 0 bridgehead atoms. The summed E-state index contributed by atoms with van der Waals surface area (Å²) in [5, 5.41) is 14.0. The van der Waals surface area contributed by atoms with E-state index >= 15 is 8.78 Å². The number of alkyl halides is 5. The first-order valence-corrected chi connectivity index (χ1v) is 20.2. The lowest BCUT2D eigenvalue weighted by atomic mass is 9.93. The second-order valence-corrected chi connectivity index (χ2v) is 16.8. The van der Waals surface area contributed by atoms with Gasteiger partial charge in [0.25, 0.3) is 5.92 Å². The van der Waals surface area contributed by atoms with Crippen LogP contribution in [0.1, 0.15) is 58.7 Å². The van der Waals surface area contributed by atoms with Crippen LogP contribution in [0.25, 0.3) is 22.0 Å². The molecule has 3 N–H and O–H groups in total. The standard InChI is InChI=1S/C38H32ClF7N8O3S/c1-53-33-24(7-8-27(39)31(33)36(51-53)52-58(2,56)57)23-6-5-22(4-3-18-9-10-47-16-18)48-32(23)28(13-19-11-20(40)14-21(41)12-19)49-29(55)17-54-35-30(34(50-54)38(44,45)46)25-15-26(25)37(35,42)43/h5-8,11-12,14,18,25-26,28,47H,9-10,13,15-17H2,1-2H3,(H,49,55)(H,51,52)/t18?,25-,26?,28-/m0/s1. The number of nitrogens with one attached hydrogen (secondary N) is 3. The van der Waals surface area contributed by atoms with Gasteiger partial charge < -0.3 is 10.6 Å². The summed E-state index contributed by atoms with van der Waals surface area (Å²) >= 11 is 6.59. The molecule has 304 valence electrons. The first-order valence-electron chi connectivity index (χ1n) is 18.0.